The third kappa shape index (κ3) is 3.74. The summed E-state index contributed by atoms with van der Waals surface area (Å²) in [5.41, 5.74) is 2.20. The minimum atomic E-state index is 0.137. The monoisotopic (exact) mass is 248 g/mol. The largest absolute Gasteiger partial charge is 0.382 e. The Labute approximate surface area is 108 Å². The number of hydrogen-bond donors (Lipinski definition) is 2. The van der Waals surface area contributed by atoms with Crippen molar-refractivity contribution in [3.8, 4) is 0 Å². The Kier molecular flexibility index (Phi) is 4.59. The number of anilines is 1. The molecule has 1 atom stereocenters. The summed E-state index contributed by atoms with van der Waals surface area (Å²) in [6.07, 6.45) is 2.60. The first-order valence-corrected chi connectivity index (χ1v) is 6.39. The highest BCUT2D eigenvalue weighted by Gasteiger charge is 2.16. The Bertz CT molecular complexity index is 407. The molecule has 1 heterocycles. The van der Waals surface area contributed by atoms with Gasteiger partial charge < -0.3 is 15.4 Å². The second-order valence-corrected chi connectivity index (χ2v) is 4.67. The first-order chi connectivity index (χ1) is 8.78. The molecule has 0 spiro atoms. The molecule has 4 nitrogen and oxygen atoms in total. The molecule has 1 aliphatic rings. The third-order valence-electron chi connectivity index (χ3n) is 3.09. The number of nitrogens with one attached hydrogen (secondary N) is 2. The van der Waals surface area contributed by atoms with Gasteiger partial charge in [0.15, 0.2) is 0 Å². The summed E-state index contributed by atoms with van der Waals surface area (Å²) in [4.78, 5) is 11.5. The van der Waals surface area contributed by atoms with Crippen LogP contribution >= 0.6 is 0 Å². The summed E-state index contributed by atoms with van der Waals surface area (Å²) < 4.78 is 5.12. The van der Waals surface area contributed by atoms with Crippen LogP contribution in [0.4, 0.5) is 5.69 Å². The van der Waals surface area contributed by atoms with Gasteiger partial charge in [0.25, 0.3) is 0 Å². The molecule has 2 N–H and O–H groups in total. The Hall–Kier alpha value is -1.55. The molecule has 0 aliphatic carbocycles. The molecular formula is C14H20N2O2. The van der Waals surface area contributed by atoms with Gasteiger partial charge in [-0.15, -0.1) is 0 Å². The van der Waals surface area contributed by atoms with Gasteiger partial charge in [-0.2, -0.15) is 0 Å². The molecule has 1 fully saturated rings. The van der Waals surface area contributed by atoms with Crippen LogP contribution in [-0.4, -0.2) is 25.6 Å². The van der Waals surface area contributed by atoms with Gasteiger partial charge in [0.05, 0.1) is 6.61 Å². The zero-order chi connectivity index (χ0) is 12.8. The van der Waals surface area contributed by atoms with Crippen molar-refractivity contribution in [2.75, 3.05) is 19.0 Å². The first kappa shape index (κ1) is 12.9. The van der Waals surface area contributed by atoms with Crippen molar-refractivity contribution >= 4 is 11.6 Å². The van der Waals surface area contributed by atoms with Crippen LogP contribution in [0.2, 0.25) is 0 Å². The molecule has 1 aromatic carbocycles. The average molecular weight is 248 g/mol. The van der Waals surface area contributed by atoms with E-state index in [0.717, 1.165) is 30.6 Å². The first-order valence-electron chi connectivity index (χ1n) is 6.39. The highest BCUT2D eigenvalue weighted by molar-refractivity contribution is 5.77. The predicted molar refractivity (Wildman–Crippen MR) is 71.4 cm³/mol. The van der Waals surface area contributed by atoms with Crippen LogP contribution in [0.15, 0.2) is 24.3 Å². The van der Waals surface area contributed by atoms with E-state index in [0.29, 0.717) is 13.0 Å². The fourth-order valence-electron chi connectivity index (χ4n) is 2.25. The van der Waals surface area contributed by atoms with Gasteiger partial charge in [-0.1, -0.05) is 12.1 Å². The lowest BCUT2D eigenvalue weighted by Crippen LogP contribution is -2.26. The van der Waals surface area contributed by atoms with Gasteiger partial charge in [0, 0.05) is 31.8 Å². The van der Waals surface area contributed by atoms with Crippen LogP contribution in [0.5, 0.6) is 0 Å². The highest BCUT2D eigenvalue weighted by Crippen LogP contribution is 2.16. The quantitative estimate of drug-likeness (QED) is 0.856. The number of hydrogen-bond acceptors (Lipinski definition) is 3. The second-order valence-electron chi connectivity index (χ2n) is 4.67. The number of carbonyl (C=O) groups excluding carboxylic acids is 1. The van der Waals surface area contributed by atoms with E-state index >= 15 is 0 Å². The fraction of sp³-hybridized carbons (Fsp3) is 0.500. The van der Waals surface area contributed by atoms with Crippen LogP contribution in [0.3, 0.4) is 0 Å². The van der Waals surface area contributed by atoms with Crippen LogP contribution in [0.25, 0.3) is 0 Å². The fourth-order valence-corrected chi connectivity index (χ4v) is 2.25. The molecule has 18 heavy (non-hydrogen) atoms. The number of ether oxygens (including phenoxy) is 1. The van der Waals surface area contributed by atoms with E-state index in [9.17, 15) is 4.79 Å². The van der Waals surface area contributed by atoms with Crippen molar-refractivity contribution < 1.29 is 9.53 Å². The lowest BCUT2D eigenvalue weighted by Gasteiger charge is -2.17. The molecule has 0 saturated carbocycles. The van der Waals surface area contributed by atoms with Crippen molar-refractivity contribution in [1.29, 1.82) is 0 Å². The van der Waals surface area contributed by atoms with E-state index in [2.05, 4.69) is 16.7 Å². The van der Waals surface area contributed by atoms with Crippen molar-refractivity contribution in [2.45, 2.75) is 31.9 Å². The highest BCUT2D eigenvalue weighted by atomic mass is 16.5. The topological polar surface area (TPSA) is 50.4 Å². The minimum absolute atomic E-state index is 0.137. The van der Waals surface area contributed by atoms with Crippen LogP contribution < -0.4 is 10.6 Å². The second kappa shape index (κ2) is 6.40. The Morgan fingerprint density at radius 3 is 3.22 bits per heavy atom. The third-order valence-corrected chi connectivity index (χ3v) is 3.09. The van der Waals surface area contributed by atoms with E-state index in [1.165, 1.54) is 0 Å². The van der Waals surface area contributed by atoms with Crippen molar-refractivity contribution in [3.63, 3.8) is 0 Å². The van der Waals surface area contributed by atoms with E-state index < -0.39 is 0 Å². The molecule has 0 aromatic heterocycles. The van der Waals surface area contributed by atoms with Gasteiger partial charge in [0.1, 0.15) is 0 Å². The van der Waals surface area contributed by atoms with Gasteiger partial charge in [0.2, 0.25) is 5.91 Å². The average Bonchev–Trinajstić information content (AvgIpc) is 2.54. The van der Waals surface area contributed by atoms with Crippen molar-refractivity contribution in [3.05, 3.63) is 29.8 Å². The van der Waals surface area contributed by atoms with E-state index in [1.54, 1.807) is 7.11 Å². The summed E-state index contributed by atoms with van der Waals surface area (Å²) >= 11 is 0. The summed E-state index contributed by atoms with van der Waals surface area (Å²) in [6, 6.07) is 8.38. The maximum Gasteiger partial charge on any atom is 0.222 e. The number of methoxy groups -OCH3 is 1. The Morgan fingerprint density at radius 1 is 1.50 bits per heavy atom. The zero-order valence-corrected chi connectivity index (χ0v) is 10.7. The minimum Gasteiger partial charge on any atom is -0.382 e. The molecule has 1 aliphatic heterocycles. The molecule has 1 amide bonds. The SMILES string of the molecule is COCc1cccc(NC2CCCNC(=O)C2)c1. The van der Waals surface area contributed by atoms with Crippen molar-refractivity contribution in [1.82, 2.24) is 5.32 Å². The Balaban J connectivity index is 1.99. The van der Waals surface area contributed by atoms with Crippen LogP contribution in [0, 0.1) is 0 Å². The molecule has 2 rings (SSSR count). The van der Waals surface area contributed by atoms with Gasteiger partial charge in [-0.05, 0) is 30.5 Å². The molecule has 1 unspecified atom stereocenters. The summed E-state index contributed by atoms with van der Waals surface area (Å²) in [6.45, 7) is 1.40. The molecule has 0 radical (unpaired) electrons. The van der Waals surface area contributed by atoms with Crippen molar-refractivity contribution in [2.24, 2.45) is 0 Å². The molecule has 1 saturated heterocycles. The van der Waals surface area contributed by atoms with E-state index in [1.807, 2.05) is 18.2 Å². The summed E-state index contributed by atoms with van der Waals surface area (Å²) in [5.74, 6) is 0.137. The summed E-state index contributed by atoms with van der Waals surface area (Å²) in [5, 5.41) is 6.33. The molecule has 4 heteroatoms. The molecule has 98 valence electrons. The van der Waals surface area contributed by atoms with Gasteiger partial charge in [-0.25, -0.2) is 0 Å². The van der Waals surface area contributed by atoms with E-state index in [-0.39, 0.29) is 11.9 Å². The molecule has 0 bridgehead atoms. The zero-order valence-electron chi connectivity index (χ0n) is 10.7. The summed E-state index contributed by atoms with van der Waals surface area (Å²) in [7, 11) is 1.69. The number of carbonyl (C=O) groups is 1. The van der Waals surface area contributed by atoms with Gasteiger partial charge in [-0.3, -0.25) is 4.79 Å². The number of amides is 1. The number of rotatable bonds is 4. The van der Waals surface area contributed by atoms with Crippen LogP contribution in [0.1, 0.15) is 24.8 Å². The predicted octanol–water partition coefficient (Wildman–Crippen LogP) is 1.91. The smallest absolute Gasteiger partial charge is 0.222 e. The maximum atomic E-state index is 11.5. The van der Waals surface area contributed by atoms with Gasteiger partial charge >= 0.3 is 0 Å². The number of benzene rings is 1. The normalized spacial score (nSPS) is 20.1. The molecular weight excluding hydrogens is 228 g/mol. The maximum absolute atomic E-state index is 11.5. The Morgan fingerprint density at radius 2 is 2.39 bits per heavy atom. The standard InChI is InChI=1S/C14H20N2O2/c1-18-10-11-4-2-5-12(8-11)16-13-6-3-7-15-14(17)9-13/h2,4-5,8,13,16H,3,6-7,9-10H2,1H3,(H,15,17). The lowest BCUT2D eigenvalue weighted by atomic mass is 10.1. The molecule has 1 aromatic rings. The van der Waals surface area contributed by atoms with E-state index in [4.69, 9.17) is 4.74 Å². The van der Waals surface area contributed by atoms with Crippen LogP contribution in [-0.2, 0) is 16.1 Å². The lowest BCUT2D eigenvalue weighted by molar-refractivity contribution is -0.120.